The van der Waals surface area contributed by atoms with E-state index in [2.05, 4.69) is 32.9 Å². The Labute approximate surface area is 248 Å². The molecule has 1 aliphatic heterocycles. The van der Waals surface area contributed by atoms with E-state index >= 15 is 0 Å². The summed E-state index contributed by atoms with van der Waals surface area (Å²) in [6.07, 6.45) is 0.466. The van der Waals surface area contributed by atoms with Gasteiger partial charge in [0.2, 0.25) is 5.62 Å². The summed E-state index contributed by atoms with van der Waals surface area (Å²) in [5.74, 6) is -0.688. The summed E-state index contributed by atoms with van der Waals surface area (Å²) in [5.41, 5.74) is 2.02. The Kier molecular flexibility index (Phi) is 8.45. The second-order valence-corrected chi connectivity index (χ2v) is 11.5. The predicted molar refractivity (Wildman–Crippen MR) is 160 cm³/mol. The molecule has 0 aliphatic carbocycles. The van der Waals surface area contributed by atoms with E-state index in [0.29, 0.717) is 6.29 Å². The molecule has 0 radical (unpaired) electrons. The molecule has 43 heavy (non-hydrogen) atoms. The second kappa shape index (κ2) is 12.2. The van der Waals surface area contributed by atoms with Crippen LogP contribution in [0.2, 0.25) is 0 Å². The molecule has 1 aliphatic rings. The third-order valence-corrected chi connectivity index (χ3v) is 7.28. The number of rotatable bonds is 8. The van der Waals surface area contributed by atoms with Crippen LogP contribution in [0.25, 0.3) is 11.0 Å². The second-order valence-electron chi connectivity index (χ2n) is 11.5. The van der Waals surface area contributed by atoms with Gasteiger partial charge in [-0.2, -0.15) is 10.3 Å². The zero-order valence-corrected chi connectivity index (χ0v) is 24.4. The highest BCUT2D eigenvalue weighted by Crippen LogP contribution is 2.31. The Morgan fingerprint density at radius 3 is 2.60 bits per heavy atom. The number of carbonyl (C=O) groups excluding carboxylic acids is 2. The summed E-state index contributed by atoms with van der Waals surface area (Å²) in [5, 5.41) is 30.3. The summed E-state index contributed by atoms with van der Waals surface area (Å²) in [7, 11) is 2.12. The van der Waals surface area contributed by atoms with Crippen molar-refractivity contribution in [3.8, 4) is 23.3 Å². The quantitative estimate of drug-likeness (QED) is 0.268. The molecule has 1 saturated heterocycles. The van der Waals surface area contributed by atoms with Gasteiger partial charge >= 0.3 is 0 Å². The standard InChI is InChI=1S/C32H34N6O5/c1-32(2,42)20-38-27-15-21(18-37-11-9-36(3)10-12-37)7-8-26(27)34-31(38)35-30(41)23-13-22(17-33)14-24(16-23)43-29-6-4-5-28(40)25(29)19-39/h4-8,13-16,19,40,42H,9-12,18,20H2,1-3H3,(H,34,35,41). The molecule has 0 saturated carbocycles. The van der Waals surface area contributed by atoms with E-state index in [1.807, 2.05) is 18.2 Å². The van der Waals surface area contributed by atoms with E-state index in [4.69, 9.17) is 4.74 Å². The highest BCUT2D eigenvalue weighted by atomic mass is 16.5. The molecule has 0 unspecified atom stereocenters. The number of aliphatic hydroxyl groups is 1. The number of aromatic hydroxyl groups is 1. The highest BCUT2D eigenvalue weighted by molar-refractivity contribution is 5.96. The van der Waals surface area contributed by atoms with E-state index in [1.54, 1.807) is 18.4 Å². The molecule has 11 nitrogen and oxygen atoms in total. The minimum Gasteiger partial charge on any atom is -0.507 e. The number of piperazine rings is 1. The van der Waals surface area contributed by atoms with Crippen LogP contribution in [0.1, 0.15) is 45.7 Å². The van der Waals surface area contributed by atoms with Crippen molar-refractivity contribution in [3.05, 3.63) is 82.5 Å². The minimum absolute atomic E-state index is 0.0554. The van der Waals surface area contributed by atoms with Crippen LogP contribution in [0, 0.1) is 11.3 Å². The van der Waals surface area contributed by atoms with Gasteiger partial charge in [0, 0.05) is 38.3 Å². The number of phenolic OH excluding ortho intramolecular Hbond substituents is 1. The molecule has 5 rings (SSSR count). The lowest BCUT2D eigenvalue weighted by Crippen LogP contribution is -2.43. The number of carbonyl (C=O) groups is 2. The van der Waals surface area contributed by atoms with Gasteiger partial charge in [-0.1, -0.05) is 12.1 Å². The molecule has 1 amide bonds. The fourth-order valence-corrected chi connectivity index (χ4v) is 5.08. The summed E-state index contributed by atoms with van der Waals surface area (Å²) < 4.78 is 7.58. The molecule has 222 valence electrons. The van der Waals surface area contributed by atoms with Gasteiger partial charge in [-0.25, -0.2) is 0 Å². The zero-order chi connectivity index (χ0) is 30.7. The first-order valence-electron chi connectivity index (χ1n) is 14.0. The van der Waals surface area contributed by atoms with E-state index in [-0.39, 0.29) is 46.1 Å². The monoisotopic (exact) mass is 582 g/mol. The smallest absolute Gasteiger partial charge is 0.280 e. The maximum Gasteiger partial charge on any atom is 0.280 e. The van der Waals surface area contributed by atoms with Crippen molar-refractivity contribution in [2.45, 2.75) is 32.5 Å². The van der Waals surface area contributed by atoms with Crippen LogP contribution < -0.4 is 10.4 Å². The van der Waals surface area contributed by atoms with Gasteiger partial charge in [-0.05, 0) is 68.9 Å². The van der Waals surface area contributed by atoms with Crippen molar-refractivity contribution < 1.29 is 24.5 Å². The number of aromatic amines is 1. The molecule has 3 N–H and O–H groups in total. The van der Waals surface area contributed by atoms with Gasteiger partial charge in [0.1, 0.15) is 17.2 Å². The maximum atomic E-state index is 13.5. The Bertz CT molecular complexity index is 1780. The van der Waals surface area contributed by atoms with Crippen LogP contribution in [0.15, 0.2) is 59.6 Å². The van der Waals surface area contributed by atoms with E-state index in [9.17, 15) is 25.1 Å². The Hall–Kier alpha value is -4.76. The van der Waals surface area contributed by atoms with Gasteiger partial charge < -0.3 is 29.4 Å². The van der Waals surface area contributed by atoms with Crippen LogP contribution >= 0.6 is 0 Å². The van der Waals surface area contributed by atoms with Crippen molar-refractivity contribution in [3.63, 3.8) is 0 Å². The Balaban J connectivity index is 1.51. The summed E-state index contributed by atoms with van der Waals surface area (Å²) >= 11 is 0. The van der Waals surface area contributed by atoms with Crippen LogP contribution in [0.3, 0.4) is 0 Å². The molecule has 0 spiro atoms. The SMILES string of the molecule is CN1CCN(Cc2ccc3[nH]/c(=N\C(=O)c4cc(C#N)cc(Oc5cccc(O)c5C=O)c4)n(CC(C)(C)O)c3c2)CC1. The average molecular weight is 583 g/mol. The number of phenols is 1. The number of fused-ring (bicyclic) bond motifs is 1. The number of nitrogens with one attached hydrogen (secondary N) is 1. The lowest BCUT2D eigenvalue weighted by atomic mass is 10.1. The molecule has 0 bridgehead atoms. The number of hydrogen-bond acceptors (Lipinski definition) is 8. The van der Waals surface area contributed by atoms with Crippen molar-refractivity contribution >= 4 is 23.2 Å². The van der Waals surface area contributed by atoms with Crippen LogP contribution in [-0.4, -0.2) is 80.6 Å². The van der Waals surface area contributed by atoms with Gasteiger partial charge in [-0.3, -0.25) is 14.5 Å². The van der Waals surface area contributed by atoms with Gasteiger partial charge in [-0.15, -0.1) is 0 Å². The number of hydrogen-bond donors (Lipinski definition) is 3. The summed E-state index contributed by atoms with van der Waals surface area (Å²) in [6.45, 7) is 8.34. The largest absolute Gasteiger partial charge is 0.507 e. The fraction of sp³-hybridized carbons (Fsp3) is 0.312. The van der Waals surface area contributed by atoms with E-state index in [0.717, 1.165) is 49.3 Å². The molecular weight excluding hydrogens is 548 g/mol. The normalized spacial score (nSPS) is 15.0. The fourth-order valence-electron chi connectivity index (χ4n) is 5.08. The predicted octanol–water partition coefficient (Wildman–Crippen LogP) is 3.41. The van der Waals surface area contributed by atoms with Gasteiger partial charge in [0.25, 0.3) is 5.91 Å². The molecule has 3 aromatic carbocycles. The van der Waals surface area contributed by atoms with E-state index in [1.165, 1.54) is 36.4 Å². The summed E-state index contributed by atoms with van der Waals surface area (Å²) in [6, 6.07) is 16.7. The van der Waals surface area contributed by atoms with Gasteiger partial charge in [0.15, 0.2) is 6.29 Å². The van der Waals surface area contributed by atoms with Crippen LogP contribution in [0.4, 0.5) is 0 Å². The topological polar surface area (TPSA) is 147 Å². The number of ether oxygens (including phenoxy) is 1. The number of H-pyrrole nitrogens is 1. The zero-order valence-electron chi connectivity index (χ0n) is 24.4. The lowest BCUT2D eigenvalue weighted by Gasteiger charge is -2.32. The van der Waals surface area contributed by atoms with Crippen molar-refractivity contribution in [2.75, 3.05) is 33.2 Å². The number of aldehydes is 1. The third-order valence-electron chi connectivity index (χ3n) is 7.28. The van der Waals surface area contributed by atoms with Crippen LogP contribution in [0.5, 0.6) is 17.2 Å². The van der Waals surface area contributed by atoms with Crippen molar-refractivity contribution in [1.82, 2.24) is 19.4 Å². The van der Waals surface area contributed by atoms with Gasteiger partial charge in [0.05, 0.1) is 40.4 Å². The lowest BCUT2D eigenvalue weighted by molar-refractivity contribution is 0.0612. The van der Waals surface area contributed by atoms with Crippen LogP contribution in [-0.2, 0) is 13.1 Å². The van der Waals surface area contributed by atoms with E-state index < -0.39 is 11.5 Å². The number of nitriles is 1. The number of benzene rings is 3. The third kappa shape index (κ3) is 7.01. The maximum absolute atomic E-state index is 13.5. The Morgan fingerprint density at radius 1 is 1.14 bits per heavy atom. The number of likely N-dealkylation sites (N-methyl/N-ethyl adjacent to an activating group) is 1. The molecule has 1 fully saturated rings. The minimum atomic E-state index is -1.10. The Morgan fingerprint density at radius 2 is 1.91 bits per heavy atom. The molecular formula is C32H34N6O5. The first-order valence-corrected chi connectivity index (χ1v) is 14.0. The first kappa shape index (κ1) is 29.7. The molecule has 2 heterocycles. The average Bonchev–Trinajstić information content (AvgIpc) is 3.28. The molecule has 11 heteroatoms. The summed E-state index contributed by atoms with van der Waals surface area (Å²) in [4.78, 5) is 37.2. The molecule has 4 aromatic rings. The highest BCUT2D eigenvalue weighted by Gasteiger charge is 2.20. The molecule has 0 atom stereocenters. The number of amides is 1. The number of imidazole rings is 1. The number of aromatic nitrogens is 2. The number of nitrogens with zero attached hydrogens (tertiary/aromatic N) is 5. The van der Waals surface area contributed by atoms with Crippen molar-refractivity contribution in [1.29, 1.82) is 5.26 Å². The molecule has 1 aromatic heterocycles. The van der Waals surface area contributed by atoms with Crippen molar-refractivity contribution in [2.24, 2.45) is 4.99 Å². The first-order chi connectivity index (χ1) is 20.5.